The standard InChI is InChI=1S/C17H17FN2O2S/c1-12(21)19-8-10-20(11-9-19)17(22)16-7-6-15(23-16)13-2-4-14(18)5-3-13/h2-7H,8-11H2,1H3. The average Bonchev–Trinajstić information content (AvgIpc) is 3.05. The molecule has 1 aromatic heterocycles. The maximum Gasteiger partial charge on any atom is 0.264 e. The van der Waals surface area contributed by atoms with E-state index >= 15 is 0 Å². The van der Waals surface area contributed by atoms with Crippen molar-refractivity contribution in [3.8, 4) is 10.4 Å². The third-order valence-corrected chi connectivity index (χ3v) is 5.08. The molecule has 1 aromatic carbocycles. The molecule has 0 aliphatic carbocycles. The molecule has 0 spiro atoms. The van der Waals surface area contributed by atoms with Gasteiger partial charge in [0, 0.05) is 38.0 Å². The molecule has 6 heteroatoms. The highest BCUT2D eigenvalue weighted by atomic mass is 32.1. The molecule has 2 heterocycles. The van der Waals surface area contributed by atoms with Gasteiger partial charge in [-0.25, -0.2) is 4.39 Å². The number of thiophene rings is 1. The van der Waals surface area contributed by atoms with Crippen molar-refractivity contribution >= 4 is 23.2 Å². The highest BCUT2D eigenvalue weighted by Gasteiger charge is 2.24. The van der Waals surface area contributed by atoms with E-state index < -0.39 is 0 Å². The van der Waals surface area contributed by atoms with Gasteiger partial charge in [0.2, 0.25) is 5.91 Å². The number of rotatable bonds is 2. The van der Waals surface area contributed by atoms with Crippen molar-refractivity contribution in [1.82, 2.24) is 9.80 Å². The van der Waals surface area contributed by atoms with E-state index in [1.165, 1.54) is 23.5 Å². The Labute approximate surface area is 138 Å². The van der Waals surface area contributed by atoms with Gasteiger partial charge in [0.25, 0.3) is 5.91 Å². The van der Waals surface area contributed by atoms with Crippen LogP contribution in [0.3, 0.4) is 0 Å². The smallest absolute Gasteiger partial charge is 0.264 e. The Morgan fingerprint density at radius 3 is 2.17 bits per heavy atom. The summed E-state index contributed by atoms with van der Waals surface area (Å²) >= 11 is 1.41. The Morgan fingerprint density at radius 2 is 1.57 bits per heavy atom. The number of nitrogens with zero attached hydrogens (tertiary/aromatic N) is 2. The van der Waals surface area contributed by atoms with Gasteiger partial charge in [-0.05, 0) is 29.8 Å². The lowest BCUT2D eigenvalue weighted by Crippen LogP contribution is -2.49. The van der Waals surface area contributed by atoms with Gasteiger partial charge >= 0.3 is 0 Å². The number of benzene rings is 1. The summed E-state index contributed by atoms with van der Waals surface area (Å²) in [6.45, 7) is 3.82. The third kappa shape index (κ3) is 3.42. The van der Waals surface area contributed by atoms with E-state index in [2.05, 4.69) is 0 Å². The van der Waals surface area contributed by atoms with Crippen LogP contribution in [-0.4, -0.2) is 47.8 Å². The van der Waals surface area contributed by atoms with Gasteiger partial charge in [0.05, 0.1) is 4.88 Å². The summed E-state index contributed by atoms with van der Waals surface area (Å²) in [5, 5.41) is 0. The zero-order chi connectivity index (χ0) is 16.4. The monoisotopic (exact) mass is 332 g/mol. The quantitative estimate of drug-likeness (QED) is 0.848. The highest BCUT2D eigenvalue weighted by molar-refractivity contribution is 7.17. The number of hydrogen-bond donors (Lipinski definition) is 0. The lowest BCUT2D eigenvalue weighted by atomic mass is 10.2. The first-order chi connectivity index (χ1) is 11.0. The van der Waals surface area contributed by atoms with Gasteiger partial charge in [-0.1, -0.05) is 12.1 Å². The third-order valence-electron chi connectivity index (χ3n) is 3.96. The SMILES string of the molecule is CC(=O)N1CCN(C(=O)c2ccc(-c3ccc(F)cc3)s2)CC1. The van der Waals surface area contributed by atoms with Crippen molar-refractivity contribution in [2.45, 2.75) is 6.92 Å². The second-order valence-electron chi connectivity index (χ2n) is 5.47. The minimum atomic E-state index is -0.273. The summed E-state index contributed by atoms with van der Waals surface area (Å²) in [6, 6.07) is 9.94. The summed E-state index contributed by atoms with van der Waals surface area (Å²) in [4.78, 5) is 29.0. The molecular formula is C17H17FN2O2S. The second-order valence-corrected chi connectivity index (χ2v) is 6.55. The van der Waals surface area contributed by atoms with E-state index in [4.69, 9.17) is 0 Å². The first-order valence-corrected chi connectivity index (χ1v) is 8.27. The van der Waals surface area contributed by atoms with Gasteiger partial charge in [-0.15, -0.1) is 11.3 Å². The lowest BCUT2D eigenvalue weighted by Gasteiger charge is -2.33. The van der Waals surface area contributed by atoms with Crippen LogP contribution < -0.4 is 0 Å². The predicted molar refractivity (Wildman–Crippen MR) is 87.9 cm³/mol. The molecule has 23 heavy (non-hydrogen) atoms. The van der Waals surface area contributed by atoms with Gasteiger partial charge in [0.1, 0.15) is 5.82 Å². The molecule has 3 rings (SSSR count). The van der Waals surface area contributed by atoms with Crippen LogP contribution in [0.25, 0.3) is 10.4 Å². The molecule has 0 saturated carbocycles. The van der Waals surface area contributed by atoms with Crippen molar-refractivity contribution in [1.29, 1.82) is 0 Å². The fourth-order valence-electron chi connectivity index (χ4n) is 2.60. The summed E-state index contributed by atoms with van der Waals surface area (Å²) < 4.78 is 13.0. The van der Waals surface area contributed by atoms with E-state index in [-0.39, 0.29) is 17.6 Å². The minimum Gasteiger partial charge on any atom is -0.339 e. The molecule has 0 radical (unpaired) electrons. The van der Waals surface area contributed by atoms with Crippen molar-refractivity contribution in [3.05, 3.63) is 47.1 Å². The number of halogens is 1. The van der Waals surface area contributed by atoms with Crippen molar-refractivity contribution in [2.75, 3.05) is 26.2 Å². The molecule has 2 amide bonds. The molecule has 0 bridgehead atoms. The molecule has 0 unspecified atom stereocenters. The molecule has 1 aliphatic heterocycles. The van der Waals surface area contributed by atoms with Gasteiger partial charge < -0.3 is 9.80 Å². The Balaban J connectivity index is 1.69. The molecule has 4 nitrogen and oxygen atoms in total. The van der Waals surface area contributed by atoms with Crippen LogP contribution in [0.4, 0.5) is 4.39 Å². The fourth-order valence-corrected chi connectivity index (χ4v) is 3.58. The van der Waals surface area contributed by atoms with E-state index in [9.17, 15) is 14.0 Å². The summed E-state index contributed by atoms with van der Waals surface area (Å²) in [5.74, 6) is -0.233. The number of carbonyl (C=O) groups excluding carboxylic acids is 2. The molecular weight excluding hydrogens is 315 g/mol. The number of piperazine rings is 1. The fraction of sp³-hybridized carbons (Fsp3) is 0.294. The minimum absolute atomic E-state index is 0.00781. The second kappa shape index (κ2) is 6.50. The molecule has 1 fully saturated rings. The van der Waals surface area contributed by atoms with Crippen molar-refractivity contribution in [3.63, 3.8) is 0 Å². The first-order valence-electron chi connectivity index (χ1n) is 7.45. The van der Waals surface area contributed by atoms with Crippen LogP contribution in [0.15, 0.2) is 36.4 Å². The van der Waals surface area contributed by atoms with Crippen molar-refractivity contribution < 1.29 is 14.0 Å². The van der Waals surface area contributed by atoms with Crippen molar-refractivity contribution in [2.24, 2.45) is 0 Å². The molecule has 0 N–H and O–H groups in total. The lowest BCUT2D eigenvalue weighted by molar-refractivity contribution is -0.130. The van der Waals surface area contributed by atoms with Crippen LogP contribution in [-0.2, 0) is 4.79 Å². The maximum absolute atomic E-state index is 13.0. The molecule has 2 aromatic rings. The normalized spacial score (nSPS) is 14.9. The Morgan fingerprint density at radius 1 is 0.957 bits per heavy atom. The van der Waals surface area contributed by atoms with Crippen LogP contribution in [0.1, 0.15) is 16.6 Å². The number of amides is 2. The molecule has 1 aliphatic rings. The van der Waals surface area contributed by atoms with Gasteiger partial charge in [-0.3, -0.25) is 9.59 Å². The molecule has 120 valence electrons. The van der Waals surface area contributed by atoms with Crippen LogP contribution in [0.5, 0.6) is 0 Å². The number of carbonyl (C=O) groups is 2. The Kier molecular flexibility index (Phi) is 4.43. The van der Waals surface area contributed by atoms with Gasteiger partial charge in [-0.2, -0.15) is 0 Å². The topological polar surface area (TPSA) is 40.6 Å². The van der Waals surface area contributed by atoms with Crippen LogP contribution in [0, 0.1) is 5.82 Å². The highest BCUT2D eigenvalue weighted by Crippen LogP contribution is 2.29. The number of hydrogen-bond acceptors (Lipinski definition) is 3. The Hall–Kier alpha value is -2.21. The molecule has 0 atom stereocenters. The zero-order valence-electron chi connectivity index (χ0n) is 12.8. The van der Waals surface area contributed by atoms with E-state index in [1.807, 2.05) is 12.1 Å². The van der Waals surface area contributed by atoms with E-state index in [0.29, 0.717) is 31.1 Å². The van der Waals surface area contributed by atoms with E-state index in [0.717, 1.165) is 10.4 Å². The summed E-state index contributed by atoms with van der Waals surface area (Å²) in [7, 11) is 0. The first kappa shape index (κ1) is 15.7. The maximum atomic E-state index is 13.0. The predicted octanol–water partition coefficient (Wildman–Crippen LogP) is 2.86. The zero-order valence-corrected chi connectivity index (χ0v) is 13.6. The van der Waals surface area contributed by atoms with E-state index in [1.54, 1.807) is 28.9 Å². The summed E-state index contributed by atoms with van der Waals surface area (Å²) in [5.41, 5.74) is 0.900. The van der Waals surface area contributed by atoms with Crippen LogP contribution >= 0.6 is 11.3 Å². The average molecular weight is 332 g/mol. The Bertz CT molecular complexity index is 718. The van der Waals surface area contributed by atoms with Gasteiger partial charge in [0.15, 0.2) is 0 Å². The van der Waals surface area contributed by atoms with Crippen LogP contribution in [0.2, 0.25) is 0 Å². The summed E-state index contributed by atoms with van der Waals surface area (Å²) in [6.07, 6.45) is 0. The largest absolute Gasteiger partial charge is 0.339 e. The molecule has 1 saturated heterocycles.